The highest BCUT2D eigenvalue weighted by Crippen LogP contribution is 2.23. The maximum absolute atomic E-state index is 6.08. The van der Waals surface area contributed by atoms with Crippen LogP contribution in [0.25, 0.3) is 11.3 Å². The number of benzene rings is 1. The van der Waals surface area contributed by atoms with Crippen LogP contribution in [0.15, 0.2) is 30.3 Å². The number of methoxy groups -OCH3 is 1. The third-order valence-corrected chi connectivity index (χ3v) is 3.28. The maximum Gasteiger partial charge on any atom is 0.224 e. The first-order valence-electron chi connectivity index (χ1n) is 7.01. The van der Waals surface area contributed by atoms with E-state index in [-0.39, 0.29) is 0 Å². The summed E-state index contributed by atoms with van der Waals surface area (Å²) in [4.78, 5) is 8.72. The number of nitrogens with one attached hydrogen (secondary N) is 1. The lowest BCUT2D eigenvalue weighted by atomic mass is 10.1. The van der Waals surface area contributed by atoms with E-state index in [0.717, 1.165) is 30.0 Å². The van der Waals surface area contributed by atoms with Gasteiger partial charge in [-0.25, -0.2) is 9.97 Å². The fraction of sp³-hybridized carbons (Fsp3) is 0.375. The average Bonchev–Trinajstić information content (AvgIpc) is 2.46. The van der Waals surface area contributed by atoms with E-state index in [2.05, 4.69) is 29.1 Å². The molecule has 21 heavy (non-hydrogen) atoms. The van der Waals surface area contributed by atoms with Crippen molar-refractivity contribution in [1.82, 2.24) is 9.97 Å². The molecule has 1 aromatic heterocycles. The Labute approximate surface area is 130 Å². The Morgan fingerprint density at radius 1 is 1.19 bits per heavy atom. The molecule has 0 fully saturated rings. The molecule has 1 heterocycles. The molecule has 0 aliphatic carbocycles. The predicted octanol–water partition coefficient (Wildman–Crippen LogP) is 4.26. The molecule has 1 aromatic carbocycles. The molecule has 0 aliphatic rings. The Balaban J connectivity index is 2.17. The van der Waals surface area contributed by atoms with Crippen LogP contribution in [0, 0.1) is 5.92 Å². The maximum atomic E-state index is 6.08. The first-order chi connectivity index (χ1) is 10.1. The van der Waals surface area contributed by atoms with Crippen molar-refractivity contribution < 1.29 is 4.74 Å². The van der Waals surface area contributed by atoms with Crippen LogP contribution in [-0.2, 0) is 0 Å². The smallest absolute Gasteiger partial charge is 0.224 e. The van der Waals surface area contributed by atoms with Gasteiger partial charge in [0.2, 0.25) is 5.95 Å². The molecule has 2 rings (SSSR count). The molecule has 0 spiro atoms. The second-order valence-corrected chi connectivity index (χ2v) is 5.62. The summed E-state index contributed by atoms with van der Waals surface area (Å²) in [7, 11) is 1.65. The van der Waals surface area contributed by atoms with Crippen LogP contribution in [0.2, 0.25) is 5.15 Å². The molecule has 0 saturated heterocycles. The summed E-state index contributed by atoms with van der Waals surface area (Å²) < 4.78 is 5.16. The van der Waals surface area contributed by atoms with E-state index in [9.17, 15) is 0 Å². The third-order valence-electron chi connectivity index (χ3n) is 3.09. The van der Waals surface area contributed by atoms with Crippen LogP contribution in [0.5, 0.6) is 5.75 Å². The van der Waals surface area contributed by atoms with Gasteiger partial charge >= 0.3 is 0 Å². The van der Waals surface area contributed by atoms with Crippen molar-refractivity contribution in [3.8, 4) is 17.0 Å². The fourth-order valence-electron chi connectivity index (χ4n) is 1.88. The van der Waals surface area contributed by atoms with Gasteiger partial charge < -0.3 is 10.1 Å². The van der Waals surface area contributed by atoms with Crippen molar-refractivity contribution >= 4 is 17.5 Å². The molecule has 0 saturated carbocycles. The van der Waals surface area contributed by atoms with Crippen molar-refractivity contribution in [2.24, 2.45) is 5.92 Å². The van der Waals surface area contributed by atoms with E-state index >= 15 is 0 Å². The summed E-state index contributed by atoms with van der Waals surface area (Å²) in [6.07, 6.45) is 1.06. The van der Waals surface area contributed by atoms with Gasteiger partial charge in [0.05, 0.1) is 12.8 Å². The van der Waals surface area contributed by atoms with Crippen LogP contribution in [0.4, 0.5) is 5.95 Å². The number of hydrogen-bond donors (Lipinski definition) is 1. The molecule has 0 bridgehead atoms. The lowest BCUT2D eigenvalue weighted by Crippen LogP contribution is -2.08. The van der Waals surface area contributed by atoms with Crippen LogP contribution >= 0.6 is 11.6 Å². The predicted molar refractivity (Wildman–Crippen MR) is 87.0 cm³/mol. The van der Waals surface area contributed by atoms with E-state index in [1.165, 1.54) is 0 Å². The standard InChI is InChI=1S/C16H20ClN3O/c1-11(2)8-9-18-16-19-14(10-15(17)20-16)12-4-6-13(21-3)7-5-12/h4-7,10-11H,8-9H2,1-3H3,(H,18,19,20). The summed E-state index contributed by atoms with van der Waals surface area (Å²) >= 11 is 6.08. The van der Waals surface area contributed by atoms with Crippen LogP contribution in [0.1, 0.15) is 20.3 Å². The fourth-order valence-corrected chi connectivity index (χ4v) is 2.06. The normalized spacial score (nSPS) is 10.7. The van der Waals surface area contributed by atoms with Gasteiger partial charge in [-0.3, -0.25) is 0 Å². The summed E-state index contributed by atoms with van der Waals surface area (Å²) in [6, 6.07) is 9.47. The molecule has 0 atom stereocenters. The van der Waals surface area contributed by atoms with E-state index < -0.39 is 0 Å². The topological polar surface area (TPSA) is 47.0 Å². The highest BCUT2D eigenvalue weighted by atomic mass is 35.5. The minimum atomic E-state index is 0.433. The highest BCUT2D eigenvalue weighted by Gasteiger charge is 2.06. The lowest BCUT2D eigenvalue weighted by Gasteiger charge is -2.09. The van der Waals surface area contributed by atoms with E-state index in [1.807, 2.05) is 24.3 Å². The SMILES string of the molecule is COc1ccc(-c2cc(Cl)nc(NCCC(C)C)n2)cc1. The van der Waals surface area contributed by atoms with Gasteiger partial charge in [0, 0.05) is 18.2 Å². The number of rotatable bonds is 6. The average molecular weight is 306 g/mol. The van der Waals surface area contributed by atoms with Gasteiger partial charge in [-0.2, -0.15) is 0 Å². The van der Waals surface area contributed by atoms with Gasteiger partial charge in [0.1, 0.15) is 10.9 Å². The first kappa shape index (κ1) is 15.6. The Kier molecular flexibility index (Phi) is 5.39. The highest BCUT2D eigenvalue weighted by molar-refractivity contribution is 6.29. The van der Waals surface area contributed by atoms with Crippen LogP contribution in [-0.4, -0.2) is 23.6 Å². The second-order valence-electron chi connectivity index (χ2n) is 5.24. The van der Waals surface area contributed by atoms with Crippen molar-refractivity contribution in [3.63, 3.8) is 0 Å². The van der Waals surface area contributed by atoms with Crippen LogP contribution < -0.4 is 10.1 Å². The van der Waals surface area contributed by atoms with E-state index in [1.54, 1.807) is 13.2 Å². The monoisotopic (exact) mass is 305 g/mol. The quantitative estimate of drug-likeness (QED) is 0.810. The molecular formula is C16H20ClN3O. The molecule has 0 aliphatic heterocycles. The third kappa shape index (κ3) is 4.60. The lowest BCUT2D eigenvalue weighted by molar-refractivity contribution is 0.415. The minimum Gasteiger partial charge on any atom is -0.497 e. The zero-order valence-corrected chi connectivity index (χ0v) is 13.3. The van der Waals surface area contributed by atoms with Crippen molar-refractivity contribution in [2.75, 3.05) is 19.0 Å². The van der Waals surface area contributed by atoms with Gasteiger partial charge in [-0.15, -0.1) is 0 Å². The second kappa shape index (κ2) is 7.27. The van der Waals surface area contributed by atoms with E-state index in [4.69, 9.17) is 16.3 Å². The number of aromatic nitrogens is 2. The molecular weight excluding hydrogens is 286 g/mol. The summed E-state index contributed by atoms with van der Waals surface area (Å²) in [6.45, 7) is 5.20. The van der Waals surface area contributed by atoms with Crippen LogP contribution in [0.3, 0.4) is 0 Å². The van der Waals surface area contributed by atoms with Crippen molar-refractivity contribution in [1.29, 1.82) is 0 Å². The zero-order chi connectivity index (χ0) is 15.2. The Bertz CT molecular complexity index is 585. The molecule has 0 radical (unpaired) electrons. The zero-order valence-electron chi connectivity index (χ0n) is 12.6. The van der Waals surface area contributed by atoms with Crippen molar-refractivity contribution in [3.05, 3.63) is 35.5 Å². The number of anilines is 1. The minimum absolute atomic E-state index is 0.433. The molecule has 4 nitrogen and oxygen atoms in total. The van der Waals surface area contributed by atoms with E-state index in [0.29, 0.717) is 17.0 Å². The number of ether oxygens (including phenoxy) is 1. The van der Waals surface area contributed by atoms with Gasteiger partial charge in [-0.05, 0) is 36.6 Å². The Morgan fingerprint density at radius 3 is 2.52 bits per heavy atom. The Hall–Kier alpha value is -1.81. The summed E-state index contributed by atoms with van der Waals surface area (Å²) in [5.74, 6) is 2.01. The van der Waals surface area contributed by atoms with Crippen molar-refractivity contribution in [2.45, 2.75) is 20.3 Å². The summed E-state index contributed by atoms with van der Waals surface area (Å²) in [5.41, 5.74) is 1.77. The molecule has 1 N–H and O–H groups in total. The largest absolute Gasteiger partial charge is 0.497 e. The van der Waals surface area contributed by atoms with Gasteiger partial charge in [0.25, 0.3) is 0 Å². The Morgan fingerprint density at radius 2 is 1.90 bits per heavy atom. The number of nitrogens with zero attached hydrogens (tertiary/aromatic N) is 2. The summed E-state index contributed by atoms with van der Waals surface area (Å²) in [5, 5.41) is 3.65. The molecule has 0 unspecified atom stereocenters. The number of halogens is 1. The molecule has 2 aromatic rings. The molecule has 5 heteroatoms. The first-order valence-corrected chi connectivity index (χ1v) is 7.39. The van der Waals surface area contributed by atoms with Gasteiger partial charge in [0.15, 0.2) is 0 Å². The number of hydrogen-bond acceptors (Lipinski definition) is 4. The molecule has 0 amide bonds. The molecule has 112 valence electrons. The van der Waals surface area contributed by atoms with Gasteiger partial charge in [-0.1, -0.05) is 25.4 Å².